The van der Waals surface area contributed by atoms with E-state index in [2.05, 4.69) is 32.0 Å². The normalized spacial score (nSPS) is 14.3. The van der Waals surface area contributed by atoms with Gasteiger partial charge in [0, 0.05) is 36.6 Å². The van der Waals surface area contributed by atoms with Gasteiger partial charge >= 0.3 is 0 Å². The first-order valence-electron chi connectivity index (χ1n) is 7.40. The highest BCUT2D eigenvalue weighted by atomic mass is 15.2. The molecule has 6 heteroatoms. The van der Waals surface area contributed by atoms with Gasteiger partial charge < -0.3 is 10.6 Å². The third kappa shape index (κ3) is 3.11. The molecule has 0 saturated heterocycles. The number of aromatic nitrogens is 2. The number of rotatable bonds is 5. The SMILES string of the molecule is N=CN=CC(=CN)c1ncnc2c1CCN2Cc1ccccc1. The third-order valence-corrected chi connectivity index (χ3v) is 3.81. The number of nitrogens with two attached hydrogens (primary N) is 1. The van der Waals surface area contributed by atoms with Gasteiger partial charge in [0.05, 0.1) is 5.69 Å². The van der Waals surface area contributed by atoms with Crippen molar-refractivity contribution in [1.82, 2.24) is 9.97 Å². The van der Waals surface area contributed by atoms with Crippen molar-refractivity contribution in [2.24, 2.45) is 10.7 Å². The lowest BCUT2D eigenvalue weighted by Gasteiger charge is -2.18. The summed E-state index contributed by atoms with van der Waals surface area (Å²) >= 11 is 0. The summed E-state index contributed by atoms with van der Waals surface area (Å²) in [4.78, 5) is 14.9. The molecule has 1 aromatic carbocycles. The van der Waals surface area contributed by atoms with Crippen molar-refractivity contribution in [2.75, 3.05) is 11.4 Å². The number of hydrogen-bond acceptors (Lipinski definition) is 5. The average Bonchev–Trinajstić information content (AvgIpc) is 3.00. The molecule has 23 heavy (non-hydrogen) atoms. The Kier molecular flexibility index (Phi) is 4.42. The van der Waals surface area contributed by atoms with E-state index in [9.17, 15) is 0 Å². The molecule has 1 aliphatic rings. The van der Waals surface area contributed by atoms with Crippen LogP contribution in [0.1, 0.15) is 16.8 Å². The van der Waals surface area contributed by atoms with E-state index in [-0.39, 0.29) is 0 Å². The van der Waals surface area contributed by atoms with Gasteiger partial charge in [-0.25, -0.2) is 15.0 Å². The fourth-order valence-corrected chi connectivity index (χ4v) is 2.77. The lowest BCUT2D eigenvalue weighted by atomic mass is 10.1. The number of benzene rings is 1. The molecule has 1 aliphatic heterocycles. The van der Waals surface area contributed by atoms with Gasteiger partial charge in [0.15, 0.2) is 0 Å². The first-order valence-corrected chi connectivity index (χ1v) is 7.40. The van der Waals surface area contributed by atoms with Gasteiger partial charge in [-0.05, 0) is 12.0 Å². The van der Waals surface area contributed by atoms with Gasteiger partial charge in [-0.15, -0.1) is 0 Å². The molecular formula is C17H18N6. The van der Waals surface area contributed by atoms with Crippen molar-refractivity contribution in [1.29, 1.82) is 5.41 Å². The largest absolute Gasteiger partial charge is 0.404 e. The Labute approximate surface area is 134 Å². The van der Waals surface area contributed by atoms with Crippen molar-refractivity contribution in [2.45, 2.75) is 13.0 Å². The van der Waals surface area contributed by atoms with Crippen LogP contribution in [0.4, 0.5) is 5.82 Å². The lowest BCUT2D eigenvalue weighted by molar-refractivity contribution is 0.825. The lowest BCUT2D eigenvalue weighted by Crippen LogP contribution is -2.20. The second kappa shape index (κ2) is 6.83. The van der Waals surface area contributed by atoms with Gasteiger partial charge in [0.2, 0.25) is 0 Å². The van der Waals surface area contributed by atoms with E-state index >= 15 is 0 Å². The van der Waals surface area contributed by atoms with Crippen LogP contribution in [-0.4, -0.2) is 29.1 Å². The molecule has 2 heterocycles. The zero-order valence-electron chi connectivity index (χ0n) is 12.7. The molecule has 0 amide bonds. The van der Waals surface area contributed by atoms with Crippen LogP contribution in [0, 0.1) is 5.41 Å². The second-order valence-corrected chi connectivity index (χ2v) is 5.21. The maximum atomic E-state index is 7.01. The van der Waals surface area contributed by atoms with E-state index in [1.165, 1.54) is 11.8 Å². The molecule has 0 unspecified atom stereocenters. The van der Waals surface area contributed by atoms with Crippen LogP contribution < -0.4 is 10.6 Å². The number of nitrogens with zero attached hydrogens (tertiary/aromatic N) is 4. The van der Waals surface area contributed by atoms with Crippen molar-refractivity contribution >= 4 is 23.9 Å². The summed E-state index contributed by atoms with van der Waals surface area (Å²) in [6.07, 6.45) is 6.42. The number of hydrogen-bond donors (Lipinski definition) is 2. The molecule has 1 aromatic heterocycles. The van der Waals surface area contributed by atoms with E-state index in [1.807, 2.05) is 18.2 Å². The Morgan fingerprint density at radius 2 is 2.13 bits per heavy atom. The quantitative estimate of drug-likeness (QED) is 0.653. The third-order valence-electron chi connectivity index (χ3n) is 3.81. The van der Waals surface area contributed by atoms with Crippen molar-refractivity contribution in [3.05, 3.63) is 59.7 Å². The highest BCUT2D eigenvalue weighted by Gasteiger charge is 2.25. The molecule has 0 aliphatic carbocycles. The summed E-state index contributed by atoms with van der Waals surface area (Å²) < 4.78 is 0. The second-order valence-electron chi connectivity index (χ2n) is 5.21. The highest BCUT2D eigenvalue weighted by Crippen LogP contribution is 2.31. The summed E-state index contributed by atoms with van der Waals surface area (Å²) in [7, 11) is 0. The number of fused-ring (bicyclic) bond motifs is 1. The standard InChI is InChI=1S/C17H18N6/c18-8-14(9-20-11-19)16-15-6-7-23(17(15)22-12-21-16)10-13-4-2-1-3-5-13/h1-5,8-9,11-12,19H,6-7,10,18H2. The number of nitrogens with one attached hydrogen (secondary N) is 1. The fraction of sp³-hybridized carbons (Fsp3) is 0.176. The zero-order valence-corrected chi connectivity index (χ0v) is 12.7. The molecule has 0 saturated carbocycles. The van der Waals surface area contributed by atoms with Crippen molar-refractivity contribution in [3.63, 3.8) is 0 Å². The molecule has 2 aromatic rings. The zero-order chi connectivity index (χ0) is 16.1. The molecule has 0 bridgehead atoms. The summed E-state index contributed by atoms with van der Waals surface area (Å²) in [5, 5.41) is 7.01. The Morgan fingerprint density at radius 1 is 1.30 bits per heavy atom. The Morgan fingerprint density at radius 3 is 2.87 bits per heavy atom. The first-order chi connectivity index (χ1) is 11.3. The van der Waals surface area contributed by atoms with Gasteiger partial charge in [-0.2, -0.15) is 0 Å². The van der Waals surface area contributed by atoms with E-state index in [0.29, 0.717) is 5.57 Å². The van der Waals surface area contributed by atoms with E-state index in [1.54, 1.807) is 12.5 Å². The van der Waals surface area contributed by atoms with Crippen molar-refractivity contribution in [3.8, 4) is 0 Å². The van der Waals surface area contributed by atoms with Crippen LogP contribution in [-0.2, 0) is 13.0 Å². The maximum absolute atomic E-state index is 7.01. The average molecular weight is 306 g/mol. The monoisotopic (exact) mass is 306 g/mol. The predicted octanol–water partition coefficient (Wildman–Crippen LogP) is 2.02. The summed E-state index contributed by atoms with van der Waals surface area (Å²) in [6, 6.07) is 10.3. The fourth-order valence-electron chi connectivity index (χ4n) is 2.77. The van der Waals surface area contributed by atoms with E-state index < -0.39 is 0 Å². The molecule has 0 radical (unpaired) electrons. The van der Waals surface area contributed by atoms with Gasteiger partial charge in [0.25, 0.3) is 0 Å². The molecule has 0 atom stereocenters. The molecule has 3 N–H and O–H groups in total. The van der Waals surface area contributed by atoms with E-state index in [4.69, 9.17) is 11.1 Å². The van der Waals surface area contributed by atoms with Gasteiger partial charge in [-0.3, -0.25) is 5.41 Å². The molecule has 0 spiro atoms. The summed E-state index contributed by atoms with van der Waals surface area (Å²) in [6.45, 7) is 1.72. The van der Waals surface area contributed by atoms with Crippen LogP contribution in [0.25, 0.3) is 5.57 Å². The molecule has 6 nitrogen and oxygen atoms in total. The topological polar surface area (TPSA) is 91.2 Å². The molecular weight excluding hydrogens is 288 g/mol. The first kappa shape index (κ1) is 14.9. The number of aliphatic imine (C=N–C) groups is 1. The number of allylic oxidation sites excluding steroid dienone is 1. The Hall–Kier alpha value is -3.02. The van der Waals surface area contributed by atoms with Crippen LogP contribution in [0.3, 0.4) is 0 Å². The number of anilines is 1. The van der Waals surface area contributed by atoms with Crippen molar-refractivity contribution < 1.29 is 0 Å². The highest BCUT2D eigenvalue weighted by molar-refractivity contribution is 6.11. The predicted molar refractivity (Wildman–Crippen MR) is 92.7 cm³/mol. The van der Waals surface area contributed by atoms with E-state index in [0.717, 1.165) is 42.9 Å². The smallest absolute Gasteiger partial charge is 0.136 e. The minimum atomic E-state index is 0.703. The maximum Gasteiger partial charge on any atom is 0.136 e. The molecule has 3 rings (SSSR count). The van der Waals surface area contributed by atoms with Crippen LogP contribution in [0.5, 0.6) is 0 Å². The minimum absolute atomic E-state index is 0.703. The summed E-state index contributed by atoms with van der Waals surface area (Å²) in [5.41, 5.74) is 9.52. The minimum Gasteiger partial charge on any atom is -0.404 e. The van der Waals surface area contributed by atoms with Crippen LogP contribution in [0.15, 0.2) is 47.9 Å². The van der Waals surface area contributed by atoms with Crippen LogP contribution >= 0.6 is 0 Å². The molecule has 116 valence electrons. The molecule has 0 fully saturated rings. The Bertz CT molecular complexity index is 751. The Balaban J connectivity index is 1.91. The van der Waals surface area contributed by atoms with Gasteiger partial charge in [-0.1, -0.05) is 30.3 Å². The van der Waals surface area contributed by atoms with Gasteiger partial charge in [0.1, 0.15) is 18.5 Å². The summed E-state index contributed by atoms with van der Waals surface area (Å²) in [5.74, 6) is 0.946. The van der Waals surface area contributed by atoms with Crippen LogP contribution in [0.2, 0.25) is 0 Å².